The maximum absolute atomic E-state index is 6.12. The number of halogens is 1. The van der Waals surface area contributed by atoms with Crippen LogP contribution < -0.4 is 5.32 Å². The van der Waals surface area contributed by atoms with Crippen LogP contribution in [-0.2, 0) is 12.3 Å². The Kier molecular flexibility index (Phi) is 5.83. The third kappa shape index (κ3) is 4.60. The standard InChI is InChI=1S/C15H18ClNOS/c1-2-9-17-10-12-7-8-13(18-12)11-19-15-6-4-3-5-14(15)16/h3-8,17H,2,9-11H2,1H3. The van der Waals surface area contributed by atoms with Crippen LogP contribution in [0.4, 0.5) is 0 Å². The SMILES string of the molecule is CCCNCc1ccc(CSc2ccccc2Cl)o1. The molecule has 0 atom stereocenters. The molecule has 102 valence electrons. The quantitative estimate of drug-likeness (QED) is 0.591. The van der Waals surface area contributed by atoms with Crippen molar-refractivity contribution in [1.29, 1.82) is 0 Å². The molecule has 0 bridgehead atoms. The van der Waals surface area contributed by atoms with Gasteiger partial charge in [-0.2, -0.15) is 0 Å². The van der Waals surface area contributed by atoms with Crippen LogP contribution in [0.3, 0.4) is 0 Å². The molecule has 0 amide bonds. The van der Waals surface area contributed by atoms with Gasteiger partial charge in [-0.3, -0.25) is 0 Å². The van der Waals surface area contributed by atoms with E-state index in [0.29, 0.717) is 0 Å². The van der Waals surface area contributed by atoms with Crippen molar-refractivity contribution in [3.05, 3.63) is 52.9 Å². The molecule has 0 aliphatic rings. The molecular formula is C15H18ClNOS. The number of rotatable bonds is 7. The second-order valence-electron chi connectivity index (χ2n) is 4.26. The summed E-state index contributed by atoms with van der Waals surface area (Å²) in [6, 6.07) is 11.9. The first-order chi connectivity index (χ1) is 9.29. The molecule has 19 heavy (non-hydrogen) atoms. The first-order valence-corrected chi connectivity index (χ1v) is 7.81. The Bertz CT molecular complexity index is 512. The van der Waals surface area contributed by atoms with Gasteiger partial charge in [-0.1, -0.05) is 30.7 Å². The molecular weight excluding hydrogens is 278 g/mol. The minimum absolute atomic E-state index is 0.795. The maximum Gasteiger partial charge on any atom is 0.118 e. The van der Waals surface area contributed by atoms with Gasteiger partial charge in [0.1, 0.15) is 11.5 Å². The monoisotopic (exact) mass is 295 g/mol. The van der Waals surface area contributed by atoms with Crippen molar-refractivity contribution in [2.24, 2.45) is 0 Å². The molecule has 0 aliphatic carbocycles. The van der Waals surface area contributed by atoms with E-state index in [1.54, 1.807) is 11.8 Å². The summed E-state index contributed by atoms with van der Waals surface area (Å²) in [5.41, 5.74) is 0. The summed E-state index contributed by atoms with van der Waals surface area (Å²) in [5.74, 6) is 2.78. The molecule has 1 N–H and O–H groups in total. The molecule has 1 heterocycles. The highest BCUT2D eigenvalue weighted by molar-refractivity contribution is 7.98. The zero-order chi connectivity index (χ0) is 13.5. The van der Waals surface area contributed by atoms with Gasteiger partial charge >= 0.3 is 0 Å². The number of nitrogens with one attached hydrogen (secondary N) is 1. The Balaban J connectivity index is 1.85. The van der Waals surface area contributed by atoms with Gasteiger partial charge in [-0.05, 0) is 37.2 Å². The number of thioether (sulfide) groups is 1. The first-order valence-electron chi connectivity index (χ1n) is 6.45. The Morgan fingerprint density at radius 3 is 2.74 bits per heavy atom. The van der Waals surface area contributed by atoms with Crippen LogP contribution in [0.2, 0.25) is 5.02 Å². The Labute approximate surface area is 123 Å². The molecule has 0 saturated carbocycles. The maximum atomic E-state index is 6.12. The molecule has 2 aromatic rings. The fourth-order valence-electron chi connectivity index (χ4n) is 1.69. The Morgan fingerprint density at radius 2 is 1.95 bits per heavy atom. The smallest absolute Gasteiger partial charge is 0.118 e. The highest BCUT2D eigenvalue weighted by Crippen LogP contribution is 2.29. The molecule has 4 heteroatoms. The minimum Gasteiger partial charge on any atom is -0.464 e. The lowest BCUT2D eigenvalue weighted by Crippen LogP contribution is -2.12. The van der Waals surface area contributed by atoms with Gasteiger partial charge in [-0.15, -0.1) is 11.8 Å². The van der Waals surface area contributed by atoms with Gasteiger partial charge in [0.05, 0.1) is 17.3 Å². The minimum atomic E-state index is 0.795. The largest absolute Gasteiger partial charge is 0.464 e. The van der Waals surface area contributed by atoms with Crippen molar-refractivity contribution < 1.29 is 4.42 Å². The van der Waals surface area contributed by atoms with Crippen molar-refractivity contribution in [3.8, 4) is 0 Å². The molecule has 1 aromatic heterocycles. The van der Waals surface area contributed by atoms with Crippen LogP contribution in [0.1, 0.15) is 24.9 Å². The molecule has 1 aromatic carbocycles. The fourth-order valence-corrected chi connectivity index (χ4v) is 2.83. The van der Waals surface area contributed by atoms with E-state index in [-0.39, 0.29) is 0 Å². The van der Waals surface area contributed by atoms with E-state index in [9.17, 15) is 0 Å². The molecule has 0 fully saturated rings. The highest BCUT2D eigenvalue weighted by atomic mass is 35.5. The van der Waals surface area contributed by atoms with E-state index >= 15 is 0 Å². The van der Waals surface area contributed by atoms with Crippen molar-refractivity contribution in [2.45, 2.75) is 30.5 Å². The zero-order valence-corrected chi connectivity index (χ0v) is 12.6. The van der Waals surface area contributed by atoms with Gasteiger partial charge in [0.25, 0.3) is 0 Å². The lowest BCUT2D eigenvalue weighted by Gasteiger charge is -2.02. The van der Waals surface area contributed by atoms with E-state index in [4.69, 9.17) is 16.0 Å². The van der Waals surface area contributed by atoms with Gasteiger partial charge in [-0.25, -0.2) is 0 Å². The van der Waals surface area contributed by atoms with Crippen LogP contribution in [-0.4, -0.2) is 6.54 Å². The average Bonchev–Trinajstić information content (AvgIpc) is 2.86. The van der Waals surface area contributed by atoms with Crippen molar-refractivity contribution in [2.75, 3.05) is 6.54 Å². The third-order valence-electron chi connectivity index (χ3n) is 2.65. The fraction of sp³-hybridized carbons (Fsp3) is 0.333. The normalized spacial score (nSPS) is 10.8. The second-order valence-corrected chi connectivity index (χ2v) is 5.69. The third-order valence-corrected chi connectivity index (χ3v) is 4.19. The van der Waals surface area contributed by atoms with Gasteiger partial charge in [0.2, 0.25) is 0 Å². The molecule has 0 aliphatic heterocycles. The lowest BCUT2D eigenvalue weighted by atomic mass is 10.4. The van der Waals surface area contributed by atoms with Crippen molar-refractivity contribution in [3.63, 3.8) is 0 Å². The predicted octanol–water partition coefficient (Wildman–Crippen LogP) is 4.72. The second kappa shape index (κ2) is 7.63. The van der Waals surface area contributed by atoms with Gasteiger partial charge < -0.3 is 9.73 Å². The van der Waals surface area contributed by atoms with E-state index in [2.05, 4.69) is 12.2 Å². The van der Waals surface area contributed by atoms with Crippen LogP contribution in [0.25, 0.3) is 0 Å². The number of furan rings is 1. The van der Waals surface area contributed by atoms with E-state index in [1.807, 2.05) is 36.4 Å². The van der Waals surface area contributed by atoms with Crippen molar-refractivity contribution >= 4 is 23.4 Å². The molecule has 0 spiro atoms. The van der Waals surface area contributed by atoms with E-state index < -0.39 is 0 Å². The van der Waals surface area contributed by atoms with Crippen molar-refractivity contribution in [1.82, 2.24) is 5.32 Å². The number of hydrogen-bond donors (Lipinski definition) is 1. The predicted molar refractivity (Wildman–Crippen MR) is 81.7 cm³/mol. The van der Waals surface area contributed by atoms with Crippen LogP contribution in [0.15, 0.2) is 45.7 Å². The Morgan fingerprint density at radius 1 is 1.16 bits per heavy atom. The van der Waals surface area contributed by atoms with Gasteiger partial charge in [0, 0.05) is 4.90 Å². The average molecular weight is 296 g/mol. The van der Waals surface area contributed by atoms with Gasteiger partial charge in [0.15, 0.2) is 0 Å². The first kappa shape index (κ1) is 14.5. The lowest BCUT2D eigenvalue weighted by molar-refractivity contribution is 0.459. The zero-order valence-electron chi connectivity index (χ0n) is 11.0. The summed E-state index contributed by atoms with van der Waals surface area (Å²) in [6.45, 7) is 3.97. The molecule has 0 unspecified atom stereocenters. The number of benzene rings is 1. The molecule has 0 radical (unpaired) electrons. The summed E-state index contributed by atoms with van der Waals surface area (Å²) < 4.78 is 5.77. The summed E-state index contributed by atoms with van der Waals surface area (Å²) in [7, 11) is 0. The van der Waals surface area contributed by atoms with Crippen LogP contribution in [0, 0.1) is 0 Å². The summed E-state index contributed by atoms with van der Waals surface area (Å²) in [4.78, 5) is 1.09. The van der Waals surface area contributed by atoms with Crippen LogP contribution in [0.5, 0.6) is 0 Å². The number of hydrogen-bond acceptors (Lipinski definition) is 3. The molecule has 0 saturated heterocycles. The topological polar surface area (TPSA) is 25.2 Å². The molecule has 2 rings (SSSR count). The summed E-state index contributed by atoms with van der Waals surface area (Å²) in [6.07, 6.45) is 1.13. The van der Waals surface area contributed by atoms with Crippen LogP contribution >= 0.6 is 23.4 Å². The van der Waals surface area contributed by atoms with E-state index in [0.717, 1.165) is 46.7 Å². The molecule has 2 nitrogen and oxygen atoms in total. The summed E-state index contributed by atoms with van der Waals surface area (Å²) in [5, 5.41) is 4.12. The Hall–Kier alpha value is -0.900. The van der Waals surface area contributed by atoms with E-state index in [1.165, 1.54) is 0 Å². The highest BCUT2D eigenvalue weighted by Gasteiger charge is 2.04. The summed E-state index contributed by atoms with van der Waals surface area (Å²) >= 11 is 7.81.